The molecule has 2 atom stereocenters. The summed E-state index contributed by atoms with van der Waals surface area (Å²) in [4.78, 5) is 14.0. The number of carboxylic acid groups (broad SMARTS) is 1. The Hall–Kier alpha value is -2.91. The highest BCUT2D eigenvalue weighted by Gasteiger charge is 2.31. The normalized spacial score (nSPS) is 18.1. The van der Waals surface area contributed by atoms with Gasteiger partial charge >= 0.3 is 5.97 Å². The molecule has 3 aromatic carbocycles. The average Bonchev–Trinajstić information content (AvgIpc) is 2.77. The van der Waals surface area contributed by atoms with Crippen molar-refractivity contribution >= 4 is 5.97 Å². The van der Waals surface area contributed by atoms with Crippen LogP contribution in [-0.2, 0) is 4.79 Å². The topological polar surface area (TPSA) is 40.5 Å². The Morgan fingerprint density at radius 3 is 2.33 bits per heavy atom. The number of likely N-dealkylation sites (tertiary alicyclic amines) is 1. The monoisotopic (exact) mass is 399 g/mol. The van der Waals surface area contributed by atoms with Gasteiger partial charge < -0.3 is 5.11 Å². The van der Waals surface area contributed by atoms with Crippen LogP contribution in [0.3, 0.4) is 0 Å². The maximum absolute atomic E-state index is 11.7. The van der Waals surface area contributed by atoms with Crippen LogP contribution in [0.25, 0.3) is 11.1 Å². The van der Waals surface area contributed by atoms with Crippen molar-refractivity contribution in [3.05, 3.63) is 95.1 Å². The summed E-state index contributed by atoms with van der Waals surface area (Å²) in [5.41, 5.74) is 7.38. The van der Waals surface area contributed by atoms with E-state index in [0.717, 1.165) is 19.4 Å². The lowest BCUT2D eigenvalue weighted by Gasteiger charge is -2.38. The summed E-state index contributed by atoms with van der Waals surface area (Å²) in [5, 5.41) is 9.61. The zero-order valence-electron chi connectivity index (χ0n) is 17.7. The van der Waals surface area contributed by atoms with Gasteiger partial charge in [-0.15, -0.1) is 0 Å². The number of carboxylic acids is 1. The van der Waals surface area contributed by atoms with E-state index in [4.69, 9.17) is 0 Å². The van der Waals surface area contributed by atoms with Crippen LogP contribution in [-0.4, -0.2) is 29.1 Å². The molecule has 3 nitrogen and oxygen atoms in total. The van der Waals surface area contributed by atoms with Gasteiger partial charge in [0, 0.05) is 6.54 Å². The van der Waals surface area contributed by atoms with E-state index in [-0.39, 0.29) is 12.0 Å². The van der Waals surface area contributed by atoms with Gasteiger partial charge in [-0.1, -0.05) is 78.4 Å². The summed E-state index contributed by atoms with van der Waals surface area (Å²) in [7, 11) is 0. The highest BCUT2D eigenvalue weighted by molar-refractivity contribution is 5.70. The summed E-state index contributed by atoms with van der Waals surface area (Å²) < 4.78 is 0. The number of rotatable bonds is 5. The van der Waals surface area contributed by atoms with Crippen LogP contribution in [0.2, 0.25) is 0 Å². The first-order valence-electron chi connectivity index (χ1n) is 10.7. The highest BCUT2D eigenvalue weighted by Crippen LogP contribution is 2.35. The van der Waals surface area contributed by atoms with E-state index in [2.05, 4.69) is 85.5 Å². The standard InChI is InChI=1S/C27H29NO2/c1-19-10-15-25(20(2)17-19)26(28-16-6-9-24(18-28)27(29)30)23-13-11-22(12-14-23)21-7-4-3-5-8-21/h3-5,7-8,10-15,17,24,26H,6,9,16,18H2,1-2H3,(H,29,30). The molecular formula is C27H29NO2. The number of aliphatic carboxylic acids is 1. The molecule has 1 fully saturated rings. The van der Waals surface area contributed by atoms with E-state index in [1.165, 1.54) is 33.4 Å². The van der Waals surface area contributed by atoms with Crippen molar-refractivity contribution < 1.29 is 9.90 Å². The Morgan fingerprint density at radius 2 is 1.67 bits per heavy atom. The SMILES string of the molecule is Cc1ccc(C(c2ccc(-c3ccccc3)cc2)N2CCCC(C(=O)O)C2)c(C)c1. The Labute approximate surface area is 179 Å². The zero-order chi connectivity index (χ0) is 21.1. The molecule has 1 saturated heterocycles. The number of hydrogen-bond donors (Lipinski definition) is 1. The van der Waals surface area contributed by atoms with Crippen molar-refractivity contribution in [2.24, 2.45) is 5.92 Å². The van der Waals surface area contributed by atoms with Crippen LogP contribution in [0.15, 0.2) is 72.8 Å². The molecule has 30 heavy (non-hydrogen) atoms. The molecule has 154 valence electrons. The Morgan fingerprint density at radius 1 is 0.967 bits per heavy atom. The summed E-state index contributed by atoms with van der Waals surface area (Å²) in [6.07, 6.45) is 1.68. The molecule has 2 unspecified atom stereocenters. The number of carbonyl (C=O) groups is 1. The van der Waals surface area contributed by atoms with Crippen molar-refractivity contribution in [1.82, 2.24) is 4.90 Å². The van der Waals surface area contributed by atoms with Gasteiger partial charge in [-0.3, -0.25) is 9.69 Å². The number of hydrogen-bond acceptors (Lipinski definition) is 2. The van der Waals surface area contributed by atoms with Crippen molar-refractivity contribution in [1.29, 1.82) is 0 Å². The summed E-state index contributed by atoms with van der Waals surface area (Å²) in [6.45, 7) is 5.78. The van der Waals surface area contributed by atoms with Crippen molar-refractivity contribution in [2.75, 3.05) is 13.1 Å². The lowest BCUT2D eigenvalue weighted by Crippen LogP contribution is -2.41. The minimum absolute atomic E-state index is 0.0672. The third kappa shape index (κ3) is 4.31. The molecule has 4 rings (SSSR count). The quantitative estimate of drug-likeness (QED) is 0.584. The van der Waals surface area contributed by atoms with Gasteiger partial charge in [0.1, 0.15) is 0 Å². The van der Waals surface area contributed by atoms with Crippen LogP contribution < -0.4 is 0 Å². The second-order valence-corrected chi connectivity index (χ2v) is 8.42. The molecule has 0 aliphatic carbocycles. The highest BCUT2D eigenvalue weighted by atomic mass is 16.4. The van der Waals surface area contributed by atoms with Gasteiger partial charge in [-0.2, -0.15) is 0 Å². The number of benzene rings is 3. The number of piperidine rings is 1. The molecule has 0 bridgehead atoms. The largest absolute Gasteiger partial charge is 0.481 e. The third-order valence-electron chi connectivity index (χ3n) is 6.22. The molecule has 0 aromatic heterocycles. The fourth-order valence-electron chi connectivity index (χ4n) is 4.65. The molecule has 3 aromatic rings. The molecule has 3 heteroatoms. The first-order chi connectivity index (χ1) is 14.5. The van der Waals surface area contributed by atoms with E-state index in [9.17, 15) is 9.90 Å². The maximum atomic E-state index is 11.7. The zero-order valence-corrected chi connectivity index (χ0v) is 17.7. The fraction of sp³-hybridized carbons (Fsp3) is 0.296. The van der Waals surface area contributed by atoms with Gasteiger partial charge in [0.25, 0.3) is 0 Å². The second kappa shape index (κ2) is 8.85. The first-order valence-corrected chi connectivity index (χ1v) is 10.7. The van der Waals surface area contributed by atoms with E-state index in [1.54, 1.807) is 0 Å². The van der Waals surface area contributed by atoms with E-state index in [1.807, 2.05) is 6.07 Å². The van der Waals surface area contributed by atoms with Crippen LogP contribution in [0, 0.1) is 19.8 Å². The molecule has 0 radical (unpaired) electrons. The summed E-state index contributed by atoms with van der Waals surface area (Å²) >= 11 is 0. The lowest BCUT2D eigenvalue weighted by atomic mass is 9.88. The molecular weight excluding hydrogens is 370 g/mol. The average molecular weight is 400 g/mol. The molecule has 1 aliphatic rings. The van der Waals surface area contributed by atoms with Gasteiger partial charge in [0.05, 0.1) is 12.0 Å². The van der Waals surface area contributed by atoms with E-state index >= 15 is 0 Å². The Balaban J connectivity index is 1.72. The van der Waals surface area contributed by atoms with E-state index in [0.29, 0.717) is 6.54 Å². The van der Waals surface area contributed by atoms with Crippen molar-refractivity contribution in [2.45, 2.75) is 32.7 Å². The van der Waals surface area contributed by atoms with Crippen LogP contribution >= 0.6 is 0 Å². The third-order valence-corrected chi connectivity index (χ3v) is 6.22. The fourth-order valence-corrected chi connectivity index (χ4v) is 4.65. The van der Waals surface area contributed by atoms with Gasteiger partial charge in [0.15, 0.2) is 0 Å². The van der Waals surface area contributed by atoms with Crippen molar-refractivity contribution in [3.63, 3.8) is 0 Å². The predicted molar refractivity (Wildman–Crippen MR) is 122 cm³/mol. The molecule has 0 saturated carbocycles. The van der Waals surface area contributed by atoms with Crippen molar-refractivity contribution in [3.8, 4) is 11.1 Å². The number of aryl methyl sites for hydroxylation is 2. The lowest BCUT2D eigenvalue weighted by molar-refractivity contribution is -0.143. The Bertz CT molecular complexity index is 1010. The van der Waals surface area contributed by atoms with Crippen LogP contribution in [0.4, 0.5) is 0 Å². The maximum Gasteiger partial charge on any atom is 0.307 e. The predicted octanol–water partition coefficient (Wildman–Crippen LogP) is 5.86. The summed E-state index contributed by atoms with van der Waals surface area (Å²) in [5.74, 6) is -0.978. The summed E-state index contributed by atoms with van der Waals surface area (Å²) in [6, 6.07) is 25.8. The van der Waals surface area contributed by atoms with Gasteiger partial charge in [-0.05, 0) is 61.1 Å². The number of nitrogens with zero attached hydrogens (tertiary/aromatic N) is 1. The minimum atomic E-state index is -0.682. The second-order valence-electron chi connectivity index (χ2n) is 8.42. The molecule has 1 aliphatic heterocycles. The van der Waals surface area contributed by atoms with Gasteiger partial charge in [0.2, 0.25) is 0 Å². The molecule has 1 N–H and O–H groups in total. The van der Waals surface area contributed by atoms with Crippen LogP contribution in [0.5, 0.6) is 0 Å². The van der Waals surface area contributed by atoms with Crippen LogP contribution in [0.1, 0.15) is 41.1 Å². The Kier molecular flexibility index (Phi) is 6.01. The van der Waals surface area contributed by atoms with Gasteiger partial charge in [-0.25, -0.2) is 0 Å². The molecule has 0 spiro atoms. The molecule has 0 amide bonds. The first kappa shape index (κ1) is 20.4. The minimum Gasteiger partial charge on any atom is -0.481 e. The van der Waals surface area contributed by atoms with E-state index < -0.39 is 5.97 Å². The molecule has 1 heterocycles. The smallest absolute Gasteiger partial charge is 0.307 e.